The molecule has 0 atom stereocenters. The molecule has 106 valence electrons. The molecule has 4 N–H and O–H groups in total. The molecule has 0 radical (unpaired) electrons. The van der Waals surface area contributed by atoms with E-state index in [1.54, 1.807) is 24.3 Å². The Morgan fingerprint density at radius 1 is 1.29 bits per heavy atom. The summed E-state index contributed by atoms with van der Waals surface area (Å²) in [4.78, 5) is 25.3. The number of benzene rings is 1. The average Bonchev–Trinajstić information content (AvgIpc) is 2.44. The minimum atomic E-state index is -0.567. The lowest BCUT2D eigenvalue weighted by molar-refractivity contribution is 0.102. The second kappa shape index (κ2) is 6.41. The van der Waals surface area contributed by atoms with Crippen molar-refractivity contribution in [3.05, 3.63) is 57.9 Å². The van der Waals surface area contributed by atoms with Crippen molar-refractivity contribution in [3.63, 3.8) is 0 Å². The van der Waals surface area contributed by atoms with Crippen molar-refractivity contribution >= 4 is 11.6 Å². The predicted octanol–water partition coefficient (Wildman–Crippen LogP) is 0.677. The standard InChI is InChI=1S/C15H12N2O4/c18-6-2-4-10-3-1-5-12(7-10)16-15(21)11-8-13(19)17-14(20)9-11/h1,3,5,7-9,18H,6H2,(H,16,21)(H2,17,19,20). The summed E-state index contributed by atoms with van der Waals surface area (Å²) in [6.07, 6.45) is 0. The molecule has 0 aliphatic carbocycles. The lowest BCUT2D eigenvalue weighted by Crippen LogP contribution is -2.15. The maximum atomic E-state index is 12.0. The predicted molar refractivity (Wildman–Crippen MR) is 77.1 cm³/mol. The first-order chi connectivity index (χ1) is 10.1. The van der Waals surface area contributed by atoms with Crippen molar-refractivity contribution in [2.24, 2.45) is 0 Å². The number of carbonyl (C=O) groups excluding carboxylic acids is 1. The number of aliphatic hydroxyl groups excluding tert-OH is 1. The number of pyridine rings is 1. The van der Waals surface area contributed by atoms with Gasteiger partial charge in [-0.1, -0.05) is 17.9 Å². The van der Waals surface area contributed by atoms with Crippen LogP contribution in [0.1, 0.15) is 15.9 Å². The van der Waals surface area contributed by atoms with Gasteiger partial charge in [0, 0.05) is 23.4 Å². The molecule has 21 heavy (non-hydrogen) atoms. The Kier molecular flexibility index (Phi) is 4.39. The Labute approximate surface area is 120 Å². The Bertz CT molecular complexity index is 784. The third kappa shape index (κ3) is 3.96. The zero-order valence-corrected chi connectivity index (χ0v) is 10.9. The number of nitrogens with one attached hydrogen (secondary N) is 2. The van der Waals surface area contributed by atoms with Gasteiger partial charge < -0.3 is 15.5 Å². The fourth-order valence-electron chi connectivity index (χ4n) is 1.68. The summed E-state index contributed by atoms with van der Waals surface area (Å²) in [5.41, 5.74) is 0.603. The number of H-pyrrole nitrogens is 1. The van der Waals surface area contributed by atoms with Gasteiger partial charge in [0.2, 0.25) is 0 Å². The molecule has 1 amide bonds. The van der Waals surface area contributed by atoms with Crippen LogP contribution in [0.3, 0.4) is 0 Å². The van der Waals surface area contributed by atoms with Gasteiger partial charge in [-0.05, 0) is 18.2 Å². The topological polar surface area (TPSA) is 102 Å². The Balaban J connectivity index is 2.21. The molecule has 0 fully saturated rings. The van der Waals surface area contributed by atoms with Crippen LogP contribution in [-0.2, 0) is 0 Å². The molecule has 1 aromatic heterocycles. The maximum Gasteiger partial charge on any atom is 0.256 e. The minimum Gasteiger partial charge on any atom is -0.494 e. The number of aromatic nitrogens is 1. The molecular weight excluding hydrogens is 272 g/mol. The molecule has 1 aromatic carbocycles. The fraction of sp³-hybridized carbons (Fsp3) is 0.0667. The minimum absolute atomic E-state index is 0.0445. The molecule has 2 aromatic rings. The number of aromatic hydroxyl groups is 1. The Morgan fingerprint density at radius 2 is 2.10 bits per heavy atom. The summed E-state index contributed by atoms with van der Waals surface area (Å²) in [6.45, 7) is -0.247. The van der Waals surface area contributed by atoms with Crippen molar-refractivity contribution in [2.75, 3.05) is 11.9 Å². The molecule has 6 heteroatoms. The van der Waals surface area contributed by atoms with Gasteiger partial charge in [0.15, 0.2) is 5.88 Å². The van der Waals surface area contributed by atoms with Crippen molar-refractivity contribution < 1.29 is 15.0 Å². The van der Waals surface area contributed by atoms with E-state index in [4.69, 9.17) is 5.11 Å². The smallest absolute Gasteiger partial charge is 0.256 e. The highest BCUT2D eigenvalue weighted by Gasteiger charge is 2.08. The first kappa shape index (κ1) is 14.4. The van der Waals surface area contributed by atoms with E-state index in [-0.39, 0.29) is 18.1 Å². The molecule has 0 bridgehead atoms. The highest BCUT2D eigenvalue weighted by atomic mass is 16.3. The van der Waals surface area contributed by atoms with E-state index in [9.17, 15) is 14.7 Å². The van der Waals surface area contributed by atoms with E-state index in [2.05, 4.69) is 22.1 Å². The zero-order valence-electron chi connectivity index (χ0n) is 10.9. The summed E-state index contributed by atoms with van der Waals surface area (Å²) in [7, 11) is 0. The van der Waals surface area contributed by atoms with Crippen molar-refractivity contribution in [3.8, 4) is 17.7 Å². The summed E-state index contributed by atoms with van der Waals surface area (Å²) in [6, 6.07) is 8.98. The third-order valence-corrected chi connectivity index (χ3v) is 2.52. The molecule has 0 spiro atoms. The monoisotopic (exact) mass is 284 g/mol. The van der Waals surface area contributed by atoms with Crippen LogP contribution in [0.15, 0.2) is 41.2 Å². The number of anilines is 1. The van der Waals surface area contributed by atoms with E-state index < -0.39 is 11.5 Å². The number of hydrogen-bond donors (Lipinski definition) is 4. The largest absolute Gasteiger partial charge is 0.494 e. The number of aromatic amines is 1. The third-order valence-electron chi connectivity index (χ3n) is 2.52. The van der Waals surface area contributed by atoms with E-state index in [0.717, 1.165) is 12.1 Å². The normalized spacial score (nSPS) is 9.57. The van der Waals surface area contributed by atoms with E-state index in [0.29, 0.717) is 11.3 Å². The molecule has 0 aliphatic heterocycles. The average molecular weight is 284 g/mol. The van der Waals surface area contributed by atoms with Crippen LogP contribution in [0.4, 0.5) is 5.69 Å². The van der Waals surface area contributed by atoms with Crippen LogP contribution in [0.2, 0.25) is 0 Å². The van der Waals surface area contributed by atoms with Gasteiger partial charge in [-0.3, -0.25) is 14.6 Å². The second-order valence-electron chi connectivity index (χ2n) is 4.11. The SMILES string of the molecule is O=C(Nc1cccc(C#CCO)c1)c1cc(O)[nH]c(=O)c1. The molecule has 2 rings (SSSR count). The first-order valence-electron chi connectivity index (χ1n) is 6.03. The number of rotatable bonds is 2. The van der Waals surface area contributed by atoms with Gasteiger partial charge >= 0.3 is 0 Å². The Morgan fingerprint density at radius 3 is 2.81 bits per heavy atom. The van der Waals surface area contributed by atoms with Gasteiger partial charge in [-0.15, -0.1) is 0 Å². The molecule has 0 aliphatic rings. The second-order valence-corrected chi connectivity index (χ2v) is 4.11. The number of amides is 1. The lowest BCUT2D eigenvalue weighted by atomic mass is 10.2. The highest BCUT2D eigenvalue weighted by molar-refractivity contribution is 6.04. The van der Waals surface area contributed by atoms with Crippen molar-refractivity contribution in [1.29, 1.82) is 0 Å². The lowest BCUT2D eigenvalue weighted by Gasteiger charge is -2.05. The molecule has 1 heterocycles. The zero-order chi connectivity index (χ0) is 15.2. The van der Waals surface area contributed by atoms with E-state index >= 15 is 0 Å². The van der Waals surface area contributed by atoms with Crippen LogP contribution in [0, 0.1) is 11.8 Å². The summed E-state index contributed by atoms with van der Waals surface area (Å²) < 4.78 is 0. The number of hydrogen-bond acceptors (Lipinski definition) is 4. The van der Waals surface area contributed by atoms with Gasteiger partial charge in [-0.25, -0.2) is 0 Å². The molecule has 6 nitrogen and oxygen atoms in total. The Hall–Kier alpha value is -3.04. The van der Waals surface area contributed by atoms with E-state index in [1.807, 2.05) is 0 Å². The highest BCUT2D eigenvalue weighted by Crippen LogP contribution is 2.12. The first-order valence-corrected chi connectivity index (χ1v) is 6.03. The maximum absolute atomic E-state index is 12.0. The van der Waals surface area contributed by atoms with E-state index in [1.165, 1.54) is 0 Å². The number of carbonyl (C=O) groups is 1. The van der Waals surface area contributed by atoms with Crippen LogP contribution in [-0.4, -0.2) is 27.7 Å². The van der Waals surface area contributed by atoms with Crippen molar-refractivity contribution in [2.45, 2.75) is 0 Å². The number of aliphatic hydroxyl groups is 1. The quantitative estimate of drug-likeness (QED) is 0.609. The fourth-order valence-corrected chi connectivity index (χ4v) is 1.68. The molecule has 0 unspecified atom stereocenters. The van der Waals surface area contributed by atoms with Crippen LogP contribution < -0.4 is 10.9 Å². The molecular formula is C15H12N2O4. The molecule has 0 saturated carbocycles. The van der Waals surface area contributed by atoms with Gasteiger partial charge in [0.05, 0.1) is 5.56 Å². The van der Waals surface area contributed by atoms with Crippen LogP contribution in [0.5, 0.6) is 5.88 Å². The summed E-state index contributed by atoms with van der Waals surface area (Å²) >= 11 is 0. The van der Waals surface area contributed by atoms with Crippen LogP contribution in [0.25, 0.3) is 0 Å². The van der Waals surface area contributed by atoms with Crippen molar-refractivity contribution in [1.82, 2.24) is 4.98 Å². The summed E-state index contributed by atoms with van der Waals surface area (Å²) in [5.74, 6) is 4.32. The van der Waals surface area contributed by atoms with Crippen LogP contribution >= 0.6 is 0 Å². The van der Waals surface area contributed by atoms with Gasteiger partial charge in [0.1, 0.15) is 6.61 Å². The summed E-state index contributed by atoms with van der Waals surface area (Å²) in [5, 5.41) is 20.5. The van der Waals surface area contributed by atoms with Gasteiger partial charge in [0.25, 0.3) is 11.5 Å². The molecule has 0 saturated heterocycles. The van der Waals surface area contributed by atoms with Gasteiger partial charge in [-0.2, -0.15) is 0 Å².